The van der Waals surface area contributed by atoms with Gasteiger partial charge in [0.2, 0.25) is 5.69 Å². The molecule has 0 aromatic heterocycles. The zero-order chi connectivity index (χ0) is 38.1. The van der Waals surface area contributed by atoms with Gasteiger partial charge in [-0.15, -0.1) is 0 Å². The minimum Gasteiger partial charge on any atom is -0.344 e. The SMILES string of the molecule is CCCCCCCCCCCC[N+]1=C(/C=C/C2=C(Cl)C(=C\C=C3/N(CCCCS(=O)(=O)O)c4ccccc4C3(C)C)/CCC2)C(C)(C)c2ccccc21. The normalized spacial score (nSPS) is 19.6. The number of hydrogen-bond donors (Lipinski definition) is 1. The van der Waals surface area contributed by atoms with Crippen LogP contribution in [0.1, 0.15) is 142 Å². The lowest BCUT2D eigenvalue weighted by Crippen LogP contribution is -2.28. The lowest BCUT2D eigenvalue weighted by atomic mass is 9.81. The van der Waals surface area contributed by atoms with Crippen LogP contribution in [-0.4, -0.2) is 42.1 Å². The minimum absolute atomic E-state index is 0.0930. The molecular weight excluding hydrogens is 696 g/mol. The van der Waals surface area contributed by atoms with Crippen LogP contribution in [0.25, 0.3) is 0 Å². The van der Waals surface area contributed by atoms with Crippen molar-refractivity contribution in [2.75, 3.05) is 23.7 Å². The predicted octanol–water partition coefficient (Wildman–Crippen LogP) is 12.5. The van der Waals surface area contributed by atoms with Gasteiger partial charge in [0, 0.05) is 52.5 Å². The van der Waals surface area contributed by atoms with Crippen molar-refractivity contribution in [1.29, 1.82) is 0 Å². The summed E-state index contributed by atoms with van der Waals surface area (Å²) in [6.07, 6.45) is 26.4. The molecule has 3 aliphatic rings. The summed E-state index contributed by atoms with van der Waals surface area (Å²) in [6.45, 7) is 13.2. The molecule has 1 N–H and O–H groups in total. The molecule has 1 aliphatic carbocycles. The van der Waals surface area contributed by atoms with Gasteiger partial charge in [-0.05, 0) is 81.2 Å². The van der Waals surface area contributed by atoms with Crippen molar-refractivity contribution in [3.63, 3.8) is 0 Å². The third-order valence-electron chi connectivity index (χ3n) is 11.7. The number of hydrogen-bond acceptors (Lipinski definition) is 3. The smallest absolute Gasteiger partial charge is 0.264 e. The number of nitrogens with zero attached hydrogens (tertiary/aromatic N) is 2. The van der Waals surface area contributed by atoms with Crippen LogP contribution in [0.5, 0.6) is 0 Å². The first-order valence-electron chi connectivity index (χ1n) is 20.4. The first-order valence-corrected chi connectivity index (χ1v) is 22.4. The van der Waals surface area contributed by atoms with E-state index in [0.717, 1.165) is 42.1 Å². The molecule has 0 fully saturated rings. The number of fused-ring (bicyclic) bond motifs is 2. The van der Waals surface area contributed by atoms with Crippen molar-refractivity contribution < 1.29 is 17.5 Å². The zero-order valence-corrected chi connectivity index (χ0v) is 34.7. The molecule has 2 aliphatic heterocycles. The number of halogens is 1. The second-order valence-corrected chi connectivity index (χ2v) is 18.4. The largest absolute Gasteiger partial charge is 0.344 e. The molecule has 0 unspecified atom stereocenters. The van der Waals surface area contributed by atoms with Crippen LogP contribution in [0.15, 0.2) is 94.7 Å². The van der Waals surface area contributed by atoms with Crippen molar-refractivity contribution in [2.24, 2.45) is 0 Å². The Morgan fingerprint density at radius 1 is 0.774 bits per heavy atom. The monoisotopic (exact) mass is 759 g/mol. The summed E-state index contributed by atoms with van der Waals surface area (Å²) in [5, 5.41) is 0.854. The van der Waals surface area contributed by atoms with Crippen LogP contribution < -0.4 is 4.90 Å². The number of anilines is 1. The number of rotatable bonds is 19. The highest BCUT2D eigenvalue weighted by atomic mass is 35.5. The van der Waals surface area contributed by atoms with Crippen LogP contribution >= 0.6 is 11.6 Å². The number of benzene rings is 2. The van der Waals surface area contributed by atoms with Gasteiger partial charge in [-0.3, -0.25) is 4.55 Å². The van der Waals surface area contributed by atoms with Crippen molar-refractivity contribution in [2.45, 2.75) is 142 Å². The summed E-state index contributed by atoms with van der Waals surface area (Å²) in [6, 6.07) is 17.4. The fraction of sp³-hybridized carbons (Fsp3) is 0.543. The van der Waals surface area contributed by atoms with E-state index in [1.165, 1.54) is 98.0 Å². The van der Waals surface area contributed by atoms with Crippen LogP contribution in [0.3, 0.4) is 0 Å². The van der Waals surface area contributed by atoms with Crippen LogP contribution in [-0.2, 0) is 20.9 Å². The van der Waals surface area contributed by atoms with Crippen LogP contribution in [0.4, 0.5) is 11.4 Å². The molecule has 5 rings (SSSR count). The second kappa shape index (κ2) is 18.6. The Hall–Kier alpha value is -2.93. The molecule has 0 saturated carbocycles. The van der Waals surface area contributed by atoms with Crippen molar-refractivity contribution in [1.82, 2.24) is 0 Å². The van der Waals surface area contributed by atoms with Crippen molar-refractivity contribution >= 4 is 38.8 Å². The van der Waals surface area contributed by atoms with E-state index in [1.807, 2.05) is 0 Å². The standard InChI is InChI=1S/C46H63ClN2O3S/c1-6-7-8-9-10-11-12-13-14-19-33-48-40-27-17-15-25-38(40)45(2,3)42(48)31-29-36-23-22-24-37(44(36)47)30-32-43-46(4,5)39-26-16-18-28-41(39)49(43)34-20-21-35-53(50,51)52/h15-18,25-32H,6-14,19-24,33-35H2,1-5H3/p+1. The Kier molecular flexibility index (Phi) is 14.5. The maximum absolute atomic E-state index is 11.4. The number of para-hydroxylation sites is 2. The zero-order valence-electron chi connectivity index (χ0n) is 33.1. The van der Waals surface area contributed by atoms with Gasteiger partial charge in [0.15, 0.2) is 5.71 Å². The molecule has 5 nitrogen and oxygen atoms in total. The molecule has 53 heavy (non-hydrogen) atoms. The van der Waals surface area contributed by atoms with E-state index < -0.39 is 10.1 Å². The summed E-state index contributed by atoms with van der Waals surface area (Å²) < 4.78 is 34.5. The van der Waals surface area contributed by atoms with Gasteiger partial charge in [0.25, 0.3) is 10.1 Å². The van der Waals surface area contributed by atoms with E-state index in [2.05, 4.69) is 117 Å². The topological polar surface area (TPSA) is 60.6 Å². The molecule has 7 heteroatoms. The average molecular weight is 761 g/mol. The van der Waals surface area contributed by atoms with Gasteiger partial charge < -0.3 is 4.90 Å². The number of unbranched alkanes of at least 4 members (excludes halogenated alkanes) is 10. The summed E-state index contributed by atoms with van der Waals surface area (Å²) in [4.78, 5) is 2.32. The fourth-order valence-corrected chi connectivity index (χ4v) is 9.53. The van der Waals surface area contributed by atoms with E-state index in [4.69, 9.17) is 11.6 Å². The summed E-state index contributed by atoms with van der Waals surface area (Å²) >= 11 is 7.25. The lowest BCUT2D eigenvalue weighted by Gasteiger charge is -2.27. The van der Waals surface area contributed by atoms with Gasteiger partial charge in [-0.25, -0.2) is 0 Å². The van der Waals surface area contributed by atoms with Gasteiger partial charge in [-0.2, -0.15) is 13.0 Å². The molecule has 0 saturated heterocycles. The van der Waals surface area contributed by atoms with E-state index >= 15 is 0 Å². The maximum atomic E-state index is 11.4. The molecule has 2 aromatic rings. The Labute approximate surface area is 326 Å². The Balaban J connectivity index is 1.34. The van der Waals surface area contributed by atoms with E-state index in [0.29, 0.717) is 19.4 Å². The van der Waals surface area contributed by atoms with Gasteiger partial charge in [0.1, 0.15) is 6.54 Å². The maximum Gasteiger partial charge on any atom is 0.264 e. The molecule has 2 heterocycles. The molecular formula is C46H64ClN2O3S+. The van der Waals surface area contributed by atoms with E-state index in [1.54, 1.807) is 0 Å². The Bertz CT molecular complexity index is 1850. The molecule has 0 radical (unpaired) electrons. The summed E-state index contributed by atoms with van der Waals surface area (Å²) in [5.41, 5.74) is 9.70. The van der Waals surface area contributed by atoms with Gasteiger partial charge in [0.05, 0.1) is 11.2 Å². The van der Waals surface area contributed by atoms with Crippen LogP contribution in [0, 0.1) is 0 Å². The Morgan fingerprint density at radius 2 is 1.42 bits per heavy atom. The molecule has 0 bridgehead atoms. The first kappa shape index (κ1) is 41.2. The third kappa shape index (κ3) is 10.2. The van der Waals surface area contributed by atoms with Gasteiger partial charge in [-0.1, -0.05) is 132 Å². The van der Waals surface area contributed by atoms with Crippen LogP contribution in [0.2, 0.25) is 0 Å². The molecule has 2 aromatic carbocycles. The number of allylic oxidation sites excluding steroid dienone is 8. The average Bonchev–Trinajstić information content (AvgIpc) is 3.47. The van der Waals surface area contributed by atoms with Gasteiger partial charge >= 0.3 is 0 Å². The predicted molar refractivity (Wildman–Crippen MR) is 226 cm³/mol. The molecule has 0 amide bonds. The van der Waals surface area contributed by atoms with Crippen molar-refractivity contribution in [3.05, 3.63) is 106 Å². The first-order chi connectivity index (χ1) is 25.4. The fourth-order valence-electron chi connectivity index (χ4n) is 8.64. The highest BCUT2D eigenvalue weighted by molar-refractivity contribution is 7.85. The quantitative estimate of drug-likeness (QED) is 0.0880. The molecule has 288 valence electrons. The third-order valence-corrected chi connectivity index (χ3v) is 13.0. The van der Waals surface area contributed by atoms with E-state index in [9.17, 15) is 13.0 Å². The second-order valence-electron chi connectivity index (χ2n) is 16.4. The summed E-state index contributed by atoms with van der Waals surface area (Å²) in [5.74, 6) is -0.217. The highest BCUT2D eigenvalue weighted by Crippen LogP contribution is 2.48. The van der Waals surface area contributed by atoms with Crippen molar-refractivity contribution in [3.8, 4) is 0 Å². The molecule has 0 spiro atoms. The lowest BCUT2D eigenvalue weighted by molar-refractivity contribution is -0.438. The Morgan fingerprint density at radius 3 is 2.11 bits per heavy atom. The molecule has 0 atom stereocenters. The van der Waals surface area contributed by atoms with E-state index in [-0.39, 0.29) is 16.6 Å². The minimum atomic E-state index is -3.97. The summed E-state index contributed by atoms with van der Waals surface area (Å²) in [7, 11) is -3.97. The highest BCUT2D eigenvalue weighted by Gasteiger charge is 2.44.